The van der Waals surface area contributed by atoms with Gasteiger partial charge in [-0.3, -0.25) is 14.9 Å². The van der Waals surface area contributed by atoms with Gasteiger partial charge in [-0.15, -0.1) is 0 Å². The first kappa shape index (κ1) is 18.8. The Labute approximate surface area is 173 Å². The van der Waals surface area contributed by atoms with Crippen molar-refractivity contribution in [1.29, 1.82) is 0 Å². The number of anilines is 1. The van der Waals surface area contributed by atoms with E-state index >= 15 is 0 Å². The summed E-state index contributed by atoms with van der Waals surface area (Å²) in [4.78, 5) is 23.3. The third-order valence-corrected chi connectivity index (χ3v) is 5.77. The van der Waals surface area contributed by atoms with Crippen molar-refractivity contribution in [1.82, 2.24) is 9.78 Å². The molecule has 142 valence electrons. The summed E-state index contributed by atoms with van der Waals surface area (Å²) in [7, 11) is 0. The predicted molar refractivity (Wildman–Crippen MR) is 110 cm³/mol. The van der Waals surface area contributed by atoms with Gasteiger partial charge < -0.3 is 5.32 Å². The topological polar surface area (TPSA) is 90.1 Å². The minimum Gasteiger partial charge on any atom is -0.306 e. The third-order valence-electron chi connectivity index (χ3n) is 4.24. The molecule has 2 aromatic carbocycles. The summed E-state index contributed by atoms with van der Waals surface area (Å²) in [5.74, 6) is 1.51. The van der Waals surface area contributed by atoms with Gasteiger partial charge in [-0.2, -0.15) is 16.9 Å². The van der Waals surface area contributed by atoms with Gasteiger partial charge in [0.05, 0.1) is 16.3 Å². The lowest BCUT2D eigenvalue weighted by Crippen LogP contribution is -2.16. The fourth-order valence-corrected chi connectivity index (χ4v) is 4.32. The monoisotopic (exact) mass is 434 g/mol. The fourth-order valence-electron chi connectivity index (χ4n) is 2.91. The lowest BCUT2D eigenvalue weighted by Gasteiger charge is -2.11. The molecule has 2 heterocycles. The van der Waals surface area contributed by atoms with Crippen LogP contribution in [0.3, 0.4) is 0 Å². The van der Waals surface area contributed by atoms with Crippen LogP contribution in [-0.4, -0.2) is 20.6 Å². The SMILES string of the molecule is O=C(Nc1c2c(nn1-c1cccc(Cl)c1)CSC2)c1ccc(Cl)c([N+](=O)[O-])c1. The highest BCUT2D eigenvalue weighted by atomic mass is 35.5. The second-order valence-electron chi connectivity index (χ2n) is 6.04. The number of hydrogen-bond donors (Lipinski definition) is 1. The Bertz CT molecular complexity index is 1120. The van der Waals surface area contributed by atoms with Gasteiger partial charge in [0, 0.05) is 33.7 Å². The maximum Gasteiger partial charge on any atom is 0.288 e. The maximum absolute atomic E-state index is 12.8. The molecule has 1 aliphatic rings. The molecule has 0 fully saturated rings. The van der Waals surface area contributed by atoms with Crippen LogP contribution in [0.4, 0.5) is 11.5 Å². The van der Waals surface area contributed by atoms with E-state index in [2.05, 4.69) is 10.4 Å². The summed E-state index contributed by atoms with van der Waals surface area (Å²) in [6.07, 6.45) is 0. The van der Waals surface area contributed by atoms with E-state index in [1.807, 2.05) is 6.07 Å². The molecular formula is C18H12Cl2N4O3S. The van der Waals surface area contributed by atoms with E-state index in [9.17, 15) is 14.9 Å². The molecule has 0 atom stereocenters. The molecule has 10 heteroatoms. The van der Waals surface area contributed by atoms with Crippen LogP contribution in [-0.2, 0) is 11.5 Å². The van der Waals surface area contributed by atoms with Crippen molar-refractivity contribution < 1.29 is 9.72 Å². The van der Waals surface area contributed by atoms with E-state index in [1.54, 1.807) is 34.6 Å². The number of thioether (sulfide) groups is 1. The highest BCUT2D eigenvalue weighted by Gasteiger charge is 2.26. The number of nitro groups is 1. The van der Waals surface area contributed by atoms with Gasteiger partial charge in [0.15, 0.2) is 0 Å². The molecule has 0 aliphatic carbocycles. The van der Waals surface area contributed by atoms with Crippen molar-refractivity contribution in [3.05, 3.63) is 79.4 Å². The predicted octanol–water partition coefficient (Wildman–Crippen LogP) is 5.09. The van der Waals surface area contributed by atoms with Gasteiger partial charge in [-0.05, 0) is 30.3 Å². The number of halogens is 2. The number of fused-ring (bicyclic) bond motifs is 1. The molecule has 1 aromatic heterocycles. The molecule has 0 spiro atoms. The number of nitrogens with one attached hydrogen (secondary N) is 1. The zero-order valence-electron chi connectivity index (χ0n) is 14.2. The molecule has 28 heavy (non-hydrogen) atoms. The van der Waals surface area contributed by atoms with E-state index in [1.165, 1.54) is 12.1 Å². The average Bonchev–Trinajstić information content (AvgIpc) is 3.24. The largest absolute Gasteiger partial charge is 0.306 e. The van der Waals surface area contributed by atoms with Gasteiger partial charge in [0.1, 0.15) is 10.8 Å². The molecule has 1 aliphatic heterocycles. The highest BCUT2D eigenvalue weighted by molar-refractivity contribution is 7.98. The number of hydrogen-bond acceptors (Lipinski definition) is 5. The van der Waals surface area contributed by atoms with Gasteiger partial charge in [-0.25, -0.2) is 4.68 Å². The van der Waals surface area contributed by atoms with Gasteiger partial charge in [-0.1, -0.05) is 29.3 Å². The minimum absolute atomic E-state index is 0.0252. The molecule has 4 rings (SSSR count). The van der Waals surface area contributed by atoms with Gasteiger partial charge in [0.2, 0.25) is 0 Å². The molecule has 1 amide bonds. The Kier molecular flexibility index (Phi) is 5.01. The van der Waals surface area contributed by atoms with Gasteiger partial charge in [0.25, 0.3) is 11.6 Å². The molecule has 0 radical (unpaired) electrons. The van der Waals surface area contributed by atoms with E-state index in [4.69, 9.17) is 23.2 Å². The Balaban J connectivity index is 1.73. The molecule has 0 bridgehead atoms. The quantitative estimate of drug-likeness (QED) is 0.456. The minimum atomic E-state index is -0.621. The third kappa shape index (κ3) is 3.46. The number of aromatic nitrogens is 2. The van der Waals surface area contributed by atoms with Crippen LogP contribution >= 0.6 is 35.0 Å². The lowest BCUT2D eigenvalue weighted by atomic mass is 10.2. The first-order valence-corrected chi connectivity index (χ1v) is 10.0. The first-order valence-electron chi connectivity index (χ1n) is 8.14. The van der Waals surface area contributed by atoms with Crippen LogP contribution in [0, 0.1) is 10.1 Å². The van der Waals surface area contributed by atoms with Crippen molar-refractivity contribution in [3.8, 4) is 5.69 Å². The summed E-state index contributed by atoms with van der Waals surface area (Å²) < 4.78 is 1.64. The Morgan fingerprint density at radius 2 is 2.04 bits per heavy atom. The normalized spacial score (nSPS) is 12.6. The molecule has 0 saturated heterocycles. The number of benzene rings is 2. The van der Waals surface area contributed by atoms with Crippen molar-refractivity contribution in [2.45, 2.75) is 11.5 Å². The number of nitrogens with zero attached hydrogens (tertiary/aromatic N) is 3. The fraction of sp³-hybridized carbons (Fsp3) is 0.111. The number of carbonyl (C=O) groups is 1. The van der Waals surface area contributed by atoms with Crippen LogP contribution in [0.25, 0.3) is 5.69 Å². The van der Waals surface area contributed by atoms with Crippen LogP contribution in [0.2, 0.25) is 10.0 Å². The number of rotatable bonds is 4. The summed E-state index contributed by atoms with van der Waals surface area (Å²) in [6.45, 7) is 0. The van der Waals surface area contributed by atoms with Crippen LogP contribution < -0.4 is 5.32 Å². The summed E-state index contributed by atoms with van der Waals surface area (Å²) in [6, 6.07) is 11.1. The molecule has 1 N–H and O–H groups in total. The van der Waals surface area contributed by atoms with E-state index < -0.39 is 10.8 Å². The molecule has 0 unspecified atom stereocenters. The number of nitro benzene ring substituents is 1. The van der Waals surface area contributed by atoms with Crippen molar-refractivity contribution in [2.24, 2.45) is 0 Å². The van der Waals surface area contributed by atoms with Crippen molar-refractivity contribution >= 4 is 52.4 Å². The van der Waals surface area contributed by atoms with Crippen LogP contribution in [0.15, 0.2) is 42.5 Å². The molecule has 7 nitrogen and oxygen atoms in total. The Morgan fingerprint density at radius 3 is 2.79 bits per heavy atom. The van der Waals surface area contributed by atoms with Crippen molar-refractivity contribution in [3.63, 3.8) is 0 Å². The maximum atomic E-state index is 12.8. The zero-order valence-corrected chi connectivity index (χ0v) is 16.5. The van der Waals surface area contributed by atoms with Crippen molar-refractivity contribution in [2.75, 3.05) is 5.32 Å². The number of amides is 1. The first-order chi connectivity index (χ1) is 13.4. The highest BCUT2D eigenvalue weighted by Crippen LogP contribution is 2.36. The van der Waals surface area contributed by atoms with Crippen LogP contribution in [0.1, 0.15) is 21.6 Å². The second-order valence-corrected chi connectivity index (χ2v) is 7.86. The summed E-state index contributed by atoms with van der Waals surface area (Å²) in [5, 5.41) is 19.1. The van der Waals surface area contributed by atoms with Crippen LogP contribution in [0.5, 0.6) is 0 Å². The number of carbonyl (C=O) groups excluding carboxylic acids is 1. The summed E-state index contributed by atoms with van der Waals surface area (Å²) in [5.41, 5.74) is 2.35. The molecule has 3 aromatic rings. The Morgan fingerprint density at radius 1 is 1.21 bits per heavy atom. The summed E-state index contributed by atoms with van der Waals surface area (Å²) >= 11 is 13.6. The standard InChI is InChI=1S/C18H12Cl2N4O3S/c19-11-2-1-3-12(7-11)23-17(13-8-28-9-15(13)22-23)21-18(25)10-4-5-14(20)16(6-10)24(26)27/h1-7H,8-9H2,(H,21,25). The Hall–Kier alpha value is -2.55. The van der Waals surface area contributed by atoms with E-state index in [-0.39, 0.29) is 16.3 Å². The second kappa shape index (κ2) is 7.46. The lowest BCUT2D eigenvalue weighted by molar-refractivity contribution is -0.384. The zero-order chi connectivity index (χ0) is 19.8. The van der Waals surface area contributed by atoms with Gasteiger partial charge >= 0.3 is 0 Å². The molecule has 0 saturated carbocycles. The van der Waals surface area contributed by atoms with E-state index in [0.29, 0.717) is 22.3 Å². The van der Waals surface area contributed by atoms with E-state index in [0.717, 1.165) is 23.1 Å². The smallest absolute Gasteiger partial charge is 0.288 e. The molecular weight excluding hydrogens is 423 g/mol. The average molecular weight is 435 g/mol.